The number of anilines is 1. The number of nitrogens with one attached hydrogen (secondary N) is 1. The molecule has 0 saturated heterocycles. The quantitative estimate of drug-likeness (QED) is 0.818. The Bertz CT molecular complexity index is 406. The fourth-order valence-electron chi connectivity index (χ4n) is 0.966. The molecule has 0 aliphatic carbocycles. The lowest BCUT2D eigenvalue weighted by atomic mass is 9.98. The Morgan fingerprint density at radius 2 is 1.94 bits per heavy atom. The molecule has 1 aromatic rings. The monoisotopic (exact) mass is 241 g/mol. The molecule has 0 fully saturated rings. The summed E-state index contributed by atoms with van der Waals surface area (Å²) in [4.78, 5) is 22.0. The third kappa shape index (κ3) is 3.69. The molecule has 0 aliphatic rings. The van der Waals surface area contributed by atoms with Crippen LogP contribution < -0.4 is 5.32 Å². The molecule has 16 heavy (non-hydrogen) atoms. The van der Waals surface area contributed by atoms with Gasteiger partial charge in [0.05, 0.1) is 6.42 Å². The topological polar surface area (TPSA) is 72.0 Å². The maximum atomic E-state index is 11.3. The van der Waals surface area contributed by atoms with E-state index < -0.39 is 0 Å². The first-order valence-corrected chi connectivity index (χ1v) is 5.74. The van der Waals surface area contributed by atoms with Crippen molar-refractivity contribution in [3.8, 4) is 0 Å². The first kappa shape index (κ1) is 12.8. The van der Waals surface area contributed by atoms with Gasteiger partial charge in [0, 0.05) is 5.41 Å². The number of carbonyl (C=O) groups is 2. The molecule has 6 heteroatoms. The predicted molar refractivity (Wildman–Crippen MR) is 62.5 cm³/mol. The lowest BCUT2D eigenvalue weighted by Gasteiger charge is -2.12. The number of aromatic nitrogens is 2. The fraction of sp³-hybridized carbons (Fsp3) is 0.600. The van der Waals surface area contributed by atoms with Crippen LogP contribution in [0.3, 0.4) is 0 Å². The average molecular weight is 241 g/mol. The Morgan fingerprint density at radius 3 is 2.38 bits per heavy atom. The van der Waals surface area contributed by atoms with Gasteiger partial charge in [0.15, 0.2) is 0 Å². The van der Waals surface area contributed by atoms with Gasteiger partial charge >= 0.3 is 0 Å². The van der Waals surface area contributed by atoms with Crippen molar-refractivity contribution >= 4 is 28.2 Å². The zero-order valence-electron chi connectivity index (χ0n) is 9.83. The van der Waals surface area contributed by atoms with Gasteiger partial charge in [-0.05, 0) is 6.92 Å². The molecular weight excluding hydrogens is 226 g/mol. The van der Waals surface area contributed by atoms with Crippen LogP contribution in [0.1, 0.15) is 39.1 Å². The summed E-state index contributed by atoms with van der Waals surface area (Å²) in [6.07, 6.45) is -0.121. The molecular formula is C10H15N3O2S. The minimum absolute atomic E-state index is 0.0821. The number of ketones is 1. The van der Waals surface area contributed by atoms with E-state index in [0.717, 1.165) is 5.01 Å². The summed E-state index contributed by atoms with van der Waals surface area (Å²) in [6, 6.07) is 0. The fourth-order valence-corrected chi connectivity index (χ4v) is 1.78. The van der Waals surface area contributed by atoms with E-state index in [-0.39, 0.29) is 23.5 Å². The van der Waals surface area contributed by atoms with Crippen LogP contribution in [-0.2, 0) is 15.0 Å². The van der Waals surface area contributed by atoms with Crippen LogP contribution in [0.5, 0.6) is 0 Å². The van der Waals surface area contributed by atoms with Gasteiger partial charge in [0.1, 0.15) is 10.8 Å². The van der Waals surface area contributed by atoms with Crippen molar-refractivity contribution in [3.63, 3.8) is 0 Å². The molecule has 0 bridgehead atoms. The van der Waals surface area contributed by atoms with Gasteiger partial charge in [0.25, 0.3) is 0 Å². The van der Waals surface area contributed by atoms with Crippen LogP contribution in [-0.4, -0.2) is 21.9 Å². The Balaban J connectivity index is 2.66. The molecule has 0 saturated carbocycles. The molecule has 1 N–H and O–H groups in total. The minimum atomic E-state index is -0.343. The number of hydrogen-bond acceptors (Lipinski definition) is 5. The highest BCUT2D eigenvalue weighted by Gasteiger charge is 2.20. The van der Waals surface area contributed by atoms with E-state index in [1.54, 1.807) is 0 Å². The third-order valence-electron chi connectivity index (χ3n) is 1.72. The maximum absolute atomic E-state index is 11.3. The number of rotatable bonds is 3. The van der Waals surface area contributed by atoms with Crippen molar-refractivity contribution in [3.05, 3.63) is 5.01 Å². The van der Waals surface area contributed by atoms with Crippen molar-refractivity contribution < 1.29 is 9.59 Å². The molecule has 0 radical (unpaired) electrons. The molecule has 1 aromatic heterocycles. The molecule has 0 unspecified atom stereocenters. The molecule has 1 amide bonds. The van der Waals surface area contributed by atoms with Gasteiger partial charge < -0.3 is 5.32 Å². The van der Waals surface area contributed by atoms with Gasteiger partial charge in [-0.2, -0.15) is 0 Å². The van der Waals surface area contributed by atoms with E-state index in [4.69, 9.17) is 0 Å². The summed E-state index contributed by atoms with van der Waals surface area (Å²) in [5.74, 6) is -0.512. The summed E-state index contributed by atoms with van der Waals surface area (Å²) in [5, 5.41) is 11.7. The molecule has 0 spiro atoms. The standard InChI is InChI=1S/C10H15N3O2S/c1-6(14)5-7(15)11-9-13-12-8(16-9)10(2,3)4/h5H2,1-4H3,(H,11,13,15). The maximum Gasteiger partial charge on any atom is 0.233 e. The Labute approximate surface area is 98.3 Å². The van der Waals surface area contributed by atoms with Gasteiger partial charge in [-0.25, -0.2) is 0 Å². The Hall–Kier alpha value is -1.30. The highest BCUT2D eigenvalue weighted by molar-refractivity contribution is 7.15. The second-order valence-electron chi connectivity index (χ2n) is 4.59. The van der Waals surface area contributed by atoms with E-state index >= 15 is 0 Å². The van der Waals surface area contributed by atoms with Gasteiger partial charge in [-0.1, -0.05) is 32.1 Å². The number of nitrogens with zero attached hydrogens (tertiary/aromatic N) is 2. The highest BCUT2D eigenvalue weighted by Crippen LogP contribution is 2.27. The second kappa shape index (κ2) is 4.69. The van der Waals surface area contributed by atoms with Gasteiger partial charge in [0.2, 0.25) is 11.0 Å². The first-order chi connectivity index (χ1) is 7.29. The summed E-state index contributed by atoms with van der Waals surface area (Å²) in [6.45, 7) is 7.44. The third-order valence-corrected chi connectivity index (χ3v) is 2.99. The second-order valence-corrected chi connectivity index (χ2v) is 5.57. The van der Waals surface area contributed by atoms with Gasteiger partial charge in [-0.3, -0.25) is 9.59 Å². The molecule has 1 rings (SSSR count). The van der Waals surface area contributed by atoms with Crippen LogP contribution in [0.15, 0.2) is 0 Å². The smallest absolute Gasteiger partial charge is 0.233 e. The zero-order chi connectivity index (χ0) is 12.3. The number of amides is 1. The normalized spacial score (nSPS) is 11.2. The Kier molecular flexibility index (Phi) is 3.74. The van der Waals surface area contributed by atoms with Crippen LogP contribution in [0.2, 0.25) is 0 Å². The largest absolute Gasteiger partial charge is 0.300 e. The zero-order valence-corrected chi connectivity index (χ0v) is 10.6. The molecule has 0 aliphatic heterocycles. The first-order valence-electron chi connectivity index (χ1n) is 4.92. The Morgan fingerprint density at radius 1 is 1.31 bits per heavy atom. The summed E-state index contributed by atoms with van der Waals surface area (Å²) < 4.78 is 0. The molecule has 5 nitrogen and oxygen atoms in total. The van der Waals surface area contributed by atoms with Gasteiger partial charge in [-0.15, -0.1) is 10.2 Å². The molecule has 88 valence electrons. The predicted octanol–water partition coefficient (Wildman–Crippen LogP) is 1.75. The van der Waals surface area contributed by atoms with Crippen molar-refractivity contribution in [1.82, 2.24) is 10.2 Å². The van der Waals surface area contributed by atoms with Crippen molar-refractivity contribution in [2.75, 3.05) is 5.32 Å². The molecule has 0 atom stereocenters. The number of carbonyl (C=O) groups excluding carboxylic acids is 2. The van der Waals surface area contributed by atoms with Crippen molar-refractivity contribution in [1.29, 1.82) is 0 Å². The lowest BCUT2D eigenvalue weighted by molar-refractivity contribution is -0.124. The minimum Gasteiger partial charge on any atom is -0.300 e. The van der Waals surface area contributed by atoms with E-state index in [1.807, 2.05) is 20.8 Å². The lowest BCUT2D eigenvalue weighted by Crippen LogP contribution is -2.14. The number of hydrogen-bond donors (Lipinski definition) is 1. The van der Waals surface area contributed by atoms with E-state index in [0.29, 0.717) is 5.13 Å². The van der Waals surface area contributed by atoms with Crippen LogP contribution in [0, 0.1) is 0 Å². The molecule has 1 heterocycles. The molecule has 0 aromatic carbocycles. The average Bonchev–Trinajstić information content (AvgIpc) is 2.49. The van der Waals surface area contributed by atoms with E-state index in [2.05, 4.69) is 15.5 Å². The van der Waals surface area contributed by atoms with E-state index in [9.17, 15) is 9.59 Å². The number of Topliss-reactive ketones (excluding diaryl/α,β-unsaturated/α-hetero) is 1. The van der Waals surface area contributed by atoms with Crippen LogP contribution in [0.25, 0.3) is 0 Å². The summed E-state index contributed by atoms with van der Waals surface area (Å²) >= 11 is 1.33. The highest BCUT2D eigenvalue weighted by atomic mass is 32.1. The SMILES string of the molecule is CC(=O)CC(=O)Nc1nnc(C(C)(C)C)s1. The van der Waals surface area contributed by atoms with E-state index in [1.165, 1.54) is 18.3 Å². The van der Waals surface area contributed by atoms with Crippen molar-refractivity contribution in [2.45, 2.75) is 39.5 Å². The van der Waals surface area contributed by atoms with Crippen LogP contribution >= 0.6 is 11.3 Å². The summed E-state index contributed by atoms with van der Waals surface area (Å²) in [5.41, 5.74) is -0.0821. The summed E-state index contributed by atoms with van der Waals surface area (Å²) in [7, 11) is 0. The van der Waals surface area contributed by atoms with Crippen molar-refractivity contribution in [2.24, 2.45) is 0 Å². The van der Waals surface area contributed by atoms with Crippen LogP contribution in [0.4, 0.5) is 5.13 Å².